The first-order valence-corrected chi connectivity index (χ1v) is 10.7. The van der Waals surface area contributed by atoms with Crippen molar-refractivity contribution in [2.45, 2.75) is 50.4 Å². The summed E-state index contributed by atoms with van der Waals surface area (Å²) in [4.78, 5) is 11.0. The van der Waals surface area contributed by atoms with Gasteiger partial charge in [-0.3, -0.25) is 9.36 Å². The molecule has 9 heteroatoms. The van der Waals surface area contributed by atoms with Gasteiger partial charge in [0.1, 0.15) is 11.9 Å². The molecule has 2 aromatic rings. The van der Waals surface area contributed by atoms with Gasteiger partial charge in [-0.25, -0.2) is 0 Å². The van der Waals surface area contributed by atoms with Crippen molar-refractivity contribution in [1.82, 2.24) is 14.8 Å². The number of carbonyl (C=O) groups is 1. The number of benzene rings is 1. The number of aryl methyl sites for hydroxylation is 1. The summed E-state index contributed by atoms with van der Waals surface area (Å²) < 4.78 is 7.42. The van der Waals surface area contributed by atoms with Crippen LogP contribution in [0.1, 0.15) is 32.5 Å². The Kier molecular flexibility index (Phi) is 9.59. The van der Waals surface area contributed by atoms with Gasteiger partial charge in [-0.2, -0.15) is 0 Å². The number of rotatable bonds is 13. The van der Waals surface area contributed by atoms with Gasteiger partial charge in [-0.05, 0) is 30.9 Å². The van der Waals surface area contributed by atoms with Gasteiger partial charge in [0.25, 0.3) is 0 Å². The van der Waals surface area contributed by atoms with Gasteiger partial charge in [0.15, 0.2) is 5.16 Å². The summed E-state index contributed by atoms with van der Waals surface area (Å²) in [7, 11) is 0. The number of carboxylic acids is 1. The molecule has 1 aromatic heterocycles. The highest BCUT2D eigenvalue weighted by molar-refractivity contribution is 7.99. The molecule has 4 N–H and O–H groups in total. The summed E-state index contributed by atoms with van der Waals surface area (Å²) in [5.41, 5.74) is 6.49. The molecular weight excluding hydrogens is 392 g/mol. The van der Waals surface area contributed by atoms with Crippen LogP contribution in [0.4, 0.5) is 0 Å². The number of nitrogens with two attached hydrogens (primary N) is 1. The Labute approximate surface area is 175 Å². The second-order valence-corrected chi connectivity index (χ2v) is 8.26. The lowest BCUT2D eigenvalue weighted by Crippen LogP contribution is -2.32. The monoisotopic (exact) mass is 422 g/mol. The molecule has 0 fully saturated rings. The first-order valence-electron chi connectivity index (χ1n) is 9.75. The molecule has 1 unspecified atom stereocenters. The number of para-hydroxylation sites is 1. The molecule has 1 aromatic carbocycles. The average molecular weight is 423 g/mol. The van der Waals surface area contributed by atoms with E-state index in [1.54, 1.807) is 0 Å². The Bertz CT molecular complexity index is 754. The number of aliphatic carboxylic acids is 1. The van der Waals surface area contributed by atoms with Gasteiger partial charge in [0.2, 0.25) is 0 Å². The van der Waals surface area contributed by atoms with E-state index in [1.165, 1.54) is 11.8 Å². The van der Waals surface area contributed by atoms with Gasteiger partial charge in [-0.1, -0.05) is 43.8 Å². The fourth-order valence-electron chi connectivity index (χ4n) is 2.55. The molecule has 0 saturated heterocycles. The van der Waals surface area contributed by atoms with Crippen LogP contribution in [-0.2, 0) is 16.0 Å². The molecule has 8 nitrogen and oxygen atoms in total. The number of thioether (sulfide) groups is 1. The molecule has 0 aliphatic carbocycles. The van der Waals surface area contributed by atoms with Gasteiger partial charge < -0.3 is 20.7 Å². The first-order chi connectivity index (χ1) is 13.9. The van der Waals surface area contributed by atoms with E-state index < -0.39 is 18.1 Å². The van der Waals surface area contributed by atoms with E-state index in [0.29, 0.717) is 43.0 Å². The maximum absolute atomic E-state index is 11.0. The van der Waals surface area contributed by atoms with Crippen molar-refractivity contribution in [3.05, 3.63) is 36.2 Å². The van der Waals surface area contributed by atoms with E-state index in [4.69, 9.17) is 15.6 Å². The highest BCUT2D eigenvalue weighted by Gasteiger charge is 2.19. The van der Waals surface area contributed by atoms with Gasteiger partial charge in [-0.15, -0.1) is 10.2 Å². The molecule has 0 bridgehead atoms. The molecule has 2 atom stereocenters. The third kappa shape index (κ3) is 7.77. The van der Waals surface area contributed by atoms with Crippen LogP contribution in [0.5, 0.6) is 0 Å². The molecule has 29 heavy (non-hydrogen) atoms. The zero-order valence-electron chi connectivity index (χ0n) is 16.9. The van der Waals surface area contributed by atoms with Crippen molar-refractivity contribution in [2.24, 2.45) is 11.7 Å². The van der Waals surface area contributed by atoms with Crippen molar-refractivity contribution in [1.29, 1.82) is 0 Å². The zero-order valence-corrected chi connectivity index (χ0v) is 17.7. The van der Waals surface area contributed by atoms with E-state index in [-0.39, 0.29) is 5.75 Å². The minimum Gasteiger partial charge on any atom is -0.480 e. The summed E-state index contributed by atoms with van der Waals surface area (Å²) in [5, 5.41) is 28.3. The molecule has 160 valence electrons. The molecule has 0 saturated carbocycles. The van der Waals surface area contributed by atoms with Crippen LogP contribution in [-0.4, -0.2) is 62.1 Å². The van der Waals surface area contributed by atoms with E-state index in [2.05, 4.69) is 24.0 Å². The lowest BCUT2D eigenvalue weighted by Gasteiger charge is -2.14. The third-order valence-corrected chi connectivity index (χ3v) is 5.32. The minimum atomic E-state index is -1.05. The first kappa shape index (κ1) is 23.3. The Balaban J connectivity index is 2.02. The van der Waals surface area contributed by atoms with Gasteiger partial charge in [0.05, 0.1) is 12.7 Å². The summed E-state index contributed by atoms with van der Waals surface area (Å²) >= 11 is 1.25. The van der Waals surface area contributed by atoms with Crippen LogP contribution in [0.2, 0.25) is 0 Å². The number of ether oxygens (including phenoxy) is 1. The minimum absolute atomic E-state index is 0.187. The maximum atomic E-state index is 11.0. The van der Waals surface area contributed by atoms with E-state index in [9.17, 15) is 9.90 Å². The topological polar surface area (TPSA) is 123 Å². The molecule has 0 aliphatic heterocycles. The fraction of sp³-hybridized carbons (Fsp3) is 0.550. The Morgan fingerprint density at radius 2 is 1.97 bits per heavy atom. The van der Waals surface area contributed by atoms with Crippen LogP contribution < -0.4 is 5.73 Å². The fourth-order valence-corrected chi connectivity index (χ4v) is 3.45. The van der Waals surface area contributed by atoms with Crippen LogP contribution in [0.3, 0.4) is 0 Å². The Morgan fingerprint density at radius 1 is 1.24 bits per heavy atom. The van der Waals surface area contributed by atoms with Crippen molar-refractivity contribution in [3.63, 3.8) is 0 Å². The second-order valence-electron chi connectivity index (χ2n) is 7.28. The van der Waals surface area contributed by atoms with Crippen LogP contribution >= 0.6 is 11.8 Å². The maximum Gasteiger partial charge on any atom is 0.321 e. The predicted octanol–water partition coefficient (Wildman–Crippen LogP) is 2.13. The highest BCUT2D eigenvalue weighted by Crippen LogP contribution is 2.23. The lowest BCUT2D eigenvalue weighted by atomic mass is 10.1. The number of aromatic nitrogens is 3. The van der Waals surface area contributed by atoms with Gasteiger partial charge >= 0.3 is 5.97 Å². The summed E-state index contributed by atoms with van der Waals surface area (Å²) in [6, 6.07) is 8.62. The number of carboxylic acid groups (broad SMARTS) is 1. The highest BCUT2D eigenvalue weighted by atomic mass is 32.2. The molecule has 0 amide bonds. The number of hydrogen-bond acceptors (Lipinski definition) is 7. The second kappa shape index (κ2) is 11.9. The van der Waals surface area contributed by atoms with E-state index >= 15 is 0 Å². The Morgan fingerprint density at radius 3 is 2.62 bits per heavy atom. The van der Waals surface area contributed by atoms with Crippen molar-refractivity contribution < 1.29 is 19.7 Å². The molecule has 0 radical (unpaired) electrons. The van der Waals surface area contributed by atoms with E-state index in [0.717, 1.165) is 12.1 Å². The quantitative estimate of drug-likeness (QED) is 0.331. The smallest absolute Gasteiger partial charge is 0.321 e. The number of aliphatic hydroxyl groups is 1. The molecular formula is C20H30N4O4S. The van der Waals surface area contributed by atoms with Crippen LogP contribution in [0, 0.1) is 5.92 Å². The average Bonchev–Trinajstić information content (AvgIpc) is 3.11. The predicted molar refractivity (Wildman–Crippen MR) is 112 cm³/mol. The summed E-state index contributed by atoms with van der Waals surface area (Å²) in [6.07, 6.45) is 1.39. The summed E-state index contributed by atoms with van der Waals surface area (Å²) in [5.74, 6) is 0.404. The van der Waals surface area contributed by atoms with E-state index in [1.807, 2.05) is 34.9 Å². The van der Waals surface area contributed by atoms with Crippen molar-refractivity contribution in [2.75, 3.05) is 19.0 Å². The standard InChI is InChI=1S/C20H30N4O4S/c1-14(2)10-11-28-12-16(25)8-9-18-22-23-20(29-13-17(21)19(26)27)24(18)15-6-4-3-5-7-15/h3-7,14,16-17,25H,8-13,21H2,1-2H3,(H,26,27)/t16?,17-/m0/s1. The molecule has 0 aliphatic rings. The lowest BCUT2D eigenvalue weighted by molar-refractivity contribution is -0.137. The number of hydrogen-bond donors (Lipinski definition) is 3. The zero-order chi connectivity index (χ0) is 21.2. The number of nitrogens with zero attached hydrogens (tertiary/aromatic N) is 3. The number of aliphatic hydroxyl groups excluding tert-OH is 1. The van der Waals surface area contributed by atoms with Crippen LogP contribution in [0.25, 0.3) is 5.69 Å². The Hall–Kier alpha value is -1.94. The SMILES string of the molecule is CC(C)CCOCC(O)CCc1nnc(SC[C@H](N)C(=O)O)n1-c1ccccc1. The van der Waals surface area contributed by atoms with Crippen LogP contribution in [0.15, 0.2) is 35.5 Å². The van der Waals surface area contributed by atoms with Crippen molar-refractivity contribution in [3.8, 4) is 5.69 Å². The molecule has 1 heterocycles. The molecule has 2 rings (SSSR count). The largest absolute Gasteiger partial charge is 0.480 e. The molecule has 0 spiro atoms. The van der Waals surface area contributed by atoms with Gasteiger partial charge in [0, 0.05) is 24.5 Å². The summed E-state index contributed by atoms with van der Waals surface area (Å²) in [6.45, 7) is 5.20. The van der Waals surface area contributed by atoms with Crippen molar-refractivity contribution >= 4 is 17.7 Å². The third-order valence-electron chi connectivity index (χ3n) is 4.27. The normalized spacial score (nSPS) is 13.6.